The number of ether oxygens (including phenoxy) is 1. The van der Waals surface area contributed by atoms with E-state index in [0.29, 0.717) is 0 Å². The minimum atomic E-state index is -0.836. The molecule has 0 saturated heterocycles. The zero-order valence-corrected chi connectivity index (χ0v) is 9.78. The van der Waals surface area contributed by atoms with Crippen LogP contribution in [0, 0.1) is 5.92 Å². The number of primary amides is 1. The van der Waals surface area contributed by atoms with E-state index in [2.05, 4.69) is 5.32 Å². The molecular weight excluding hydrogens is 212 g/mol. The monoisotopic (exact) mass is 230 g/mol. The first-order chi connectivity index (χ1) is 7.38. The summed E-state index contributed by atoms with van der Waals surface area (Å²) in [5, 5.41) is 2.39. The standard InChI is InChI=1S/C10H18N2O4/c1-4-16-10(15)6(2)5-8(9(11)14)12-7(3)13/h6,8H,4-5H2,1-3H3,(H2,11,14)(H,12,13)/t6-,8+/m1/s1. The molecule has 92 valence electrons. The molecule has 0 saturated carbocycles. The van der Waals surface area contributed by atoms with Crippen LogP contribution >= 0.6 is 0 Å². The summed E-state index contributed by atoms with van der Waals surface area (Å²) in [5.41, 5.74) is 5.10. The number of hydrogen-bond donors (Lipinski definition) is 2. The molecule has 0 fully saturated rings. The molecule has 0 unspecified atom stereocenters. The Bertz CT molecular complexity index is 278. The summed E-state index contributed by atoms with van der Waals surface area (Å²) in [6.45, 7) is 4.88. The smallest absolute Gasteiger partial charge is 0.308 e. The quantitative estimate of drug-likeness (QED) is 0.604. The highest BCUT2D eigenvalue weighted by Crippen LogP contribution is 2.08. The van der Waals surface area contributed by atoms with Gasteiger partial charge in [0.2, 0.25) is 11.8 Å². The lowest BCUT2D eigenvalue weighted by molar-refractivity contribution is -0.148. The molecule has 0 aliphatic carbocycles. The molecule has 2 amide bonds. The Labute approximate surface area is 94.5 Å². The molecule has 0 radical (unpaired) electrons. The van der Waals surface area contributed by atoms with Crippen LogP contribution in [0.3, 0.4) is 0 Å². The lowest BCUT2D eigenvalue weighted by Gasteiger charge is -2.17. The van der Waals surface area contributed by atoms with Crippen LogP contribution in [0.4, 0.5) is 0 Å². The Balaban J connectivity index is 4.33. The van der Waals surface area contributed by atoms with Crippen LogP contribution in [0.5, 0.6) is 0 Å². The second-order valence-corrected chi connectivity index (χ2v) is 3.54. The summed E-state index contributed by atoms with van der Waals surface area (Å²) in [7, 11) is 0. The summed E-state index contributed by atoms with van der Waals surface area (Å²) in [4.78, 5) is 33.1. The van der Waals surface area contributed by atoms with Crippen LogP contribution in [0.2, 0.25) is 0 Å². The zero-order chi connectivity index (χ0) is 12.7. The van der Waals surface area contributed by atoms with Gasteiger partial charge in [0.05, 0.1) is 12.5 Å². The van der Waals surface area contributed by atoms with E-state index in [1.807, 2.05) is 0 Å². The molecule has 0 rings (SSSR count). The second-order valence-electron chi connectivity index (χ2n) is 3.54. The van der Waals surface area contributed by atoms with Crippen molar-refractivity contribution in [2.75, 3.05) is 6.61 Å². The lowest BCUT2D eigenvalue weighted by atomic mass is 10.0. The molecule has 6 nitrogen and oxygen atoms in total. The van der Waals surface area contributed by atoms with Crippen molar-refractivity contribution in [1.29, 1.82) is 0 Å². The van der Waals surface area contributed by atoms with Gasteiger partial charge in [0, 0.05) is 6.92 Å². The second kappa shape index (κ2) is 6.81. The Hall–Kier alpha value is -1.59. The third-order valence-electron chi connectivity index (χ3n) is 2.00. The molecule has 0 aliphatic rings. The highest BCUT2D eigenvalue weighted by molar-refractivity contribution is 5.86. The number of rotatable bonds is 6. The molecule has 0 aromatic heterocycles. The van der Waals surface area contributed by atoms with Crippen LogP contribution in [0.1, 0.15) is 27.2 Å². The van der Waals surface area contributed by atoms with Gasteiger partial charge in [0.1, 0.15) is 6.04 Å². The third kappa shape index (κ3) is 5.33. The number of carbonyl (C=O) groups excluding carboxylic acids is 3. The molecule has 2 atom stereocenters. The van der Waals surface area contributed by atoms with Gasteiger partial charge in [-0.15, -0.1) is 0 Å². The SMILES string of the molecule is CCOC(=O)[C@H](C)C[C@H](NC(C)=O)C(N)=O. The average Bonchev–Trinajstić information content (AvgIpc) is 2.16. The van der Waals surface area contributed by atoms with Crippen LogP contribution in [0.15, 0.2) is 0 Å². The van der Waals surface area contributed by atoms with Gasteiger partial charge in [-0.3, -0.25) is 14.4 Å². The largest absolute Gasteiger partial charge is 0.466 e. The third-order valence-corrected chi connectivity index (χ3v) is 2.00. The van der Waals surface area contributed by atoms with Gasteiger partial charge in [-0.1, -0.05) is 6.92 Å². The van der Waals surface area contributed by atoms with Crippen molar-refractivity contribution < 1.29 is 19.1 Å². The van der Waals surface area contributed by atoms with Crippen molar-refractivity contribution in [2.24, 2.45) is 11.7 Å². The number of hydrogen-bond acceptors (Lipinski definition) is 4. The first-order valence-electron chi connectivity index (χ1n) is 5.11. The molecule has 0 aromatic rings. The Morgan fingerprint density at radius 2 is 1.94 bits per heavy atom. The molecule has 0 heterocycles. The molecule has 0 aromatic carbocycles. The topological polar surface area (TPSA) is 98.5 Å². The molecule has 6 heteroatoms. The predicted molar refractivity (Wildman–Crippen MR) is 57.2 cm³/mol. The predicted octanol–water partition coefficient (Wildman–Crippen LogP) is -0.434. The van der Waals surface area contributed by atoms with E-state index in [9.17, 15) is 14.4 Å². The lowest BCUT2D eigenvalue weighted by Crippen LogP contribution is -2.45. The molecule has 3 N–H and O–H groups in total. The number of carbonyl (C=O) groups is 3. The number of nitrogens with one attached hydrogen (secondary N) is 1. The van der Waals surface area contributed by atoms with Gasteiger partial charge in [0.25, 0.3) is 0 Å². The maximum atomic E-state index is 11.3. The van der Waals surface area contributed by atoms with Gasteiger partial charge < -0.3 is 15.8 Å². The van der Waals surface area contributed by atoms with Crippen LogP contribution < -0.4 is 11.1 Å². The summed E-state index contributed by atoms with van der Waals surface area (Å²) in [6, 6.07) is -0.836. The number of nitrogens with two attached hydrogens (primary N) is 1. The molecule has 0 spiro atoms. The Morgan fingerprint density at radius 1 is 1.38 bits per heavy atom. The fourth-order valence-electron chi connectivity index (χ4n) is 1.23. The van der Waals surface area contributed by atoms with Gasteiger partial charge in [0.15, 0.2) is 0 Å². The van der Waals surface area contributed by atoms with E-state index in [4.69, 9.17) is 10.5 Å². The van der Waals surface area contributed by atoms with Crippen molar-refractivity contribution >= 4 is 17.8 Å². The van der Waals surface area contributed by atoms with Crippen LogP contribution in [-0.2, 0) is 19.1 Å². The highest BCUT2D eigenvalue weighted by atomic mass is 16.5. The van der Waals surface area contributed by atoms with E-state index in [-0.39, 0.29) is 18.9 Å². The van der Waals surface area contributed by atoms with Gasteiger partial charge in [-0.2, -0.15) is 0 Å². The molecule has 0 bridgehead atoms. The maximum absolute atomic E-state index is 11.3. The van der Waals surface area contributed by atoms with Gasteiger partial charge >= 0.3 is 5.97 Å². The van der Waals surface area contributed by atoms with Crippen molar-refractivity contribution in [1.82, 2.24) is 5.32 Å². The fourth-order valence-corrected chi connectivity index (χ4v) is 1.23. The Kier molecular flexibility index (Phi) is 6.14. The zero-order valence-electron chi connectivity index (χ0n) is 9.78. The minimum absolute atomic E-state index is 0.147. The van der Waals surface area contributed by atoms with Gasteiger partial charge in [-0.05, 0) is 13.3 Å². The summed E-state index contributed by atoms with van der Waals surface area (Å²) >= 11 is 0. The van der Waals surface area contributed by atoms with E-state index < -0.39 is 23.8 Å². The maximum Gasteiger partial charge on any atom is 0.308 e. The summed E-state index contributed by atoms with van der Waals surface area (Å²) < 4.78 is 4.79. The summed E-state index contributed by atoms with van der Waals surface area (Å²) in [5.74, 6) is -1.91. The van der Waals surface area contributed by atoms with Gasteiger partial charge in [-0.25, -0.2) is 0 Å². The van der Waals surface area contributed by atoms with E-state index in [1.54, 1.807) is 13.8 Å². The number of esters is 1. The van der Waals surface area contributed by atoms with E-state index >= 15 is 0 Å². The van der Waals surface area contributed by atoms with Crippen molar-refractivity contribution in [2.45, 2.75) is 33.2 Å². The number of amides is 2. The first kappa shape index (κ1) is 14.4. The molecule has 16 heavy (non-hydrogen) atoms. The van der Waals surface area contributed by atoms with Crippen molar-refractivity contribution in [3.63, 3.8) is 0 Å². The molecular formula is C10H18N2O4. The highest BCUT2D eigenvalue weighted by Gasteiger charge is 2.24. The first-order valence-corrected chi connectivity index (χ1v) is 5.11. The average molecular weight is 230 g/mol. The molecule has 0 aliphatic heterocycles. The van der Waals surface area contributed by atoms with E-state index in [1.165, 1.54) is 6.92 Å². The van der Waals surface area contributed by atoms with E-state index in [0.717, 1.165) is 0 Å². The fraction of sp³-hybridized carbons (Fsp3) is 0.700. The van der Waals surface area contributed by atoms with Crippen LogP contribution in [-0.4, -0.2) is 30.4 Å². The minimum Gasteiger partial charge on any atom is -0.466 e. The Morgan fingerprint density at radius 3 is 2.31 bits per heavy atom. The summed E-state index contributed by atoms with van der Waals surface area (Å²) in [6.07, 6.45) is 0.147. The van der Waals surface area contributed by atoms with Crippen molar-refractivity contribution in [3.05, 3.63) is 0 Å². The van der Waals surface area contributed by atoms with Crippen LogP contribution in [0.25, 0.3) is 0 Å². The normalized spacial score (nSPS) is 13.7. The van der Waals surface area contributed by atoms with Crippen molar-refractivity contribution in [3.8, 4) is 0 Å².